The summed E-state index contributed by atoms with van der Waals surface area (Å²) >= 11 is 0. The van der Waals surface area contributed by atoms with Crippen LogP contribution in [0.25, 0.3) is 0 Å². The molecule has 0 radical (unpaired) electrons. The average molecular weight is 293 g/mol. The molecular weight excluding hydrogens is 274 g/mol. The first-order valence-corrected chi connectivity index (χ1v) is 8.08. The maximum Gasteiger partial charge on any atom is 0.243 e. The lowest BCUT2D eigenvalue weighted by Crippen LogP contribution is -2.30. The molecule has 1 aliphatic rings. The van der Waals surface area contributed by atoms with Crippen molar-refractivity contribution < 1.29 is 8.42 Å². The lowest BCUT2D eigenvalue weighted by Gasteiger charge is -2.18. The fourth-order valence-electron chi connectivity index (χ4n) is 2.62. The van der Waals surface area contributed by atoms with E-state index in [2.05, 4.69) is 5.32 Å². The van der Waals surface area contributed by atoms with E-state index in [1.165, 1.54) is 6.07 Å². The highest BCUT2D eigenvalue weighted by Crippen LogP contribution is 2.26. The summed E-state index contributed by atoms with van der Waals surface area (Å²) in [6.45, 7) is 3.68. The third kappa shape index (κ3) is 2.85. The third-order valence-corrected chi connectivity index (χ3v) is 5.69. The van der Waals surface area contributed by atoms with Crippen LogP contribution in [0.4, 0.5) is 0 Å². The van der Waals surface area contributed by atoms with Crippen LogP contribution in [0.2, 0.25) is 0 Å². The van der Waals surface area contributed by atoms with Crippen LogP contribution in [-0.4, -0.2) is 39.4 Å². The number of nitriles is 1. The van der Waals surface area contributed by atoms with Crippen molar-refractivity contribution in [2.24, 2.45) is 5.92 Å². The van der Waals surface area contributed by atoms with E-state index in [1.54, 1.807) is 23.4 Å². The highest BCUT2D eigenvalue weighted by molar-refractivity contribution is 7.89. The smallest absolute Gasteiger partial charge is 0.243 e. The Bertz CT molecular complexity index is 634. The van der Waals surface area contributed by atoms with Crippen molar-refractivity contribution in [3.05, 3.63) is 29.3 Å². The first kappa shape index (κ1) is 15.0. The van der Waals surface area contributed by atoms with Gasteiger partial charge in [0.25, 0.3) is 0 Å². The van der Waals surface area contributed by atoms with Gasteiger partial charge in [0, 0.05) is 13.1 Å². The van der Waals surface area contributed by atoms with Crippen molar-refractivity contribution in [1.82, 2.24) is 9.62 Å². The summed E-state index contributed by atoms with van der Waals surface area (Å²) in [5, 5.41) is 11.9. The van der Waals surface area contributed by atoms with Gasteiger partial charge in [-0.3, -0.25) is 0 Å². The third-order valence-electron chi connectivity index (χ3n) is 3.66. The van der Waals surface area contributed by atoms with E-state index >= 15 is 0 Å². The zero-order valence-corrected chi connectivity index (χ0v) is 12.6. The minimum absolute atomic E-state index is 0.307. The minimum Gasteiger partial charge on any atom is -0.319 e. The molecule has 108 valence electrons. The van der Waals surface area contributed by atoms with Gasteiger partial charge in [-0.1, -0.05) is 0 Å². The maximum absolute atomic E-state index is 12.6. The SMILES string of the molecule is CNCC1CCN(S(=O)(=O)c2ccc(C#N)cc2C)C1. The number of hydrogen-bond donors (Lipinski definition) is 1. The molecule has 1 atom stereocenters. The maximum atomic E-state index is 12.6. The van der Waals surface area contributed by atoms with E-state index in [1.807, 2.05) is 13.1 Å². The van der Waals surface area contributed by atoms with E-state index in [-0.39, 0.29) is 0 Å². The molecule has 1 aliphatic heterocycles. The van der Waals surface area contributed by atoms with Gasteiger partial charge in [0.2, 0.25) is 10.0 Å². The first-order valence-electron chi connectivity index (χ1n) is 6.64. The van der Waals surface area contributed by atoms with Crippen LogP contribution < -0.4 is 5.32 Å². The van der Waals surface area contributed by atoms with E-state index in [9.17, 15) is 8.42 Å². The van der Waals surface area contributed by atoms with Gasteiger partial charge in [0.05, 0.1) is 16.5 Å². The fourth-order valence-corrected chi connectivity index (χ4v) is 4.36. The molecule has 20 heavy (non-hydrogen) atoms. The predicted molar refractivity (Wildman–Crippen MR) is 76.7 cm³/mol. The molecule has 0 amide bonds. The summed E-state index contributed by atoms with van der Waals surface area (Å²) in [7, 11) is -1.57. The molecule has 2 rings (SSSR count). The molecule has 0 aliphatic carbocycles. The standard InChI is InChI=1S/C14H19N3O2S/c1-11-7-12(8-15)3-4-14(11)20(18,19)17-6-5-13(10-17)9-16-2/h3-4,7,13,16H,5-6,9-10H2,1-2H3. The topological polar surface area (TPSA) is 73.2 Å². The van der Waals surface area contributed by atoms with Crippen LogP contribution in [0.1, 0.15) is 17.5 Å². The van der Waals surface area contributed by atoms with Gasteiger partial charge in [-0.25, -0.2) is 8.42 Å². The van der Waals surface area contributed by atoms with Crippen LogP contribution in [0.15, 0.2) is 23.1 Å². The first-order chi connectivity index (χ1) is 9.48. The van der Waals surface area contributed by atoms with Crippen LogP contribution in [-0.2, 0) is 10.0 Å². The van der Waals surface area contributed by atoms with Gasteiger partial charge in [-0.05, 0) is 56.6 Å². The largest absolute Gasteiger partial charge is 0.319 e. The number of hydrogen-bond acceptors (Lipinski definition) is 4. The molecule has 1 aromatic rings. The monoisotopic (exact) mass is 293 g/mol. The van der Waals surface area contributed by atoms with Crippen LogP contribution in [0, 0.1) is 24.2 Å². The highest BCUT2D eigenvalue weighted by Gasteiger charge is 2.32. The van der Waals surface area contributed by atoms with E-state index < -0.39 is 10.0 Å². The lowest BCUT2D eigenvalue weighted by molar-refractivity contribution is 0.451. The molecule has 0 spiro atoms. The van der Waals surface area contributed by atoms with Crippen LogP contribution >= 0.6 is 0 Å². The van der Waals surface area contributed by atoms with Crippen molar-refractivity contribution in [2.75, 3.05) is 26.7 Å². The number of aryl methyl sites for hydroxylation is 1. The summed E-state index contributed by atoms with van der Waals surface area (Å²) in [5.41, 5.74) is 1.11. The number of sulfonamides is 1. The summed E-state index contributed by atoms with van der Waals surface area (Å²) < 4.78 is 26.8. The molecule has 0 bridgehead atoms. The van der Waals surface area contributed by atoms with Crippen molar-refractivity contribution in [3.63, 3.8) is 0 Å². The molecule has 1 heterocycles. The van der Waals surface area contributed by atoms with Crippen molar-refractivity contribution in [3.8, 4) is 6.07 Å². The molecular formula is C14H19N3O2S. The Hall–Kier alpha value is -1.42. The summed E-state index contributed by atoms with van der Waals surface area (Å²) in [6.07, 6.45) is 0.884. The molecule has 1 unspecified atom stereocenters. The zero-order valence-electron chi connectivity index (χ0n) is 11.8. The molecule has 1 fully saturated rings. The molecule has 1 aromatic carbocycles. The van der Waals surface area contributed by atoms with Crippen molar-refractivity contribution >= 4 is 10.0 Å². The van der Waals surface area contributed by atoms with Crippen molar-refractivity contribution in [2.45, 2.75) is 18.2 Å². The molecule has 5 nitrogen and oxygen atoms in total. The molecule has 1 N–H and O–H groups in total. The highest BCUT2D eigenvalue weighted by atomic mass is 32.2. The van der Waals surface area contributed by atoms with Gasteiger partial charge in [-0.15, -0.1) is 0 Å². The normalized spacial score (nSPS) is 19.9. The number of nitrogens with zero attached hydrogens (tertiary/aromatic N) is 2. The second-order valence-corrected chi connectivity index (χ2v) is 7.07. The van der Waals surface area contributed by atoms with Crippen LogP contribution in [0.3, 0.4) is 0 Å². The average Bonchev–Trinajstić information content (AvgIpc) is 2.88. The predicted octanol–water partition coefficient (Wildman–Crippen LogP) is 1.10. The van der Waals surface area contributed by atoms with Crippen LogP contribution in [0.5, 0.6) is 0 Å². The fraction of sp³-hybridized carbons (Fsp3) is 0.500. The van der Waals surface area contributed by atoms with E-state index in [0.29, 0.717) is 35.0 Å². The summed E-state index contributed by atoms with van der Waals surface area (Å²) in [4.78, 5) is 0.307. The van der Waals surface area contributed by atoms with Gasteiger partial charge < -0.3 is 5.32 Å². The van der Waals surface area contributed by atoms with Gasteiger partial charge >= 0.3 is 0 Å². The van der Waals surface area contributed by atoms with Gasteiger partial charge in [0.1, 0.15) is 0 Å². The van der Waals surface area contributed by atoms with E-state index in [4.69, 9.17) is 5.26 Å². The summed E-state index contributed by atoms with van der Waals surface area (Å²) in [6, 6.07) is 6.74. The van der Waals surface area contributed by atoms with Gasteiger partial charge in [0.15, 0.2) is 0 Å². The molecule has 0 saturated carbocycles. The second-order valence-electron chi connectivity index (χ2n) is 5.17. The second kappa shape index (κ2) is 5.92. The minimum atomic E-state index is -3.45. The Kier molecular flexibility index (Phi) is 4.43. The Balaban J connectivity index is 2.26. The Morgan fingerprint density at radius 1 is 1.50 bits per heavy atom. The molecule has 1 saturated heterocycles. The Morgan fingerprint density at radius 2 is 2.25 bits per heavy atom. The Labute approximate surface area is 120 Å². The summed E-state index contributed by atoms with van der Waals surface area (Å²) in [5.74, 6) is 0.369. The quantitative estimate of drug-likeness (QED) is 0.902. The van der Waals surface area contributed by atoms with Gasteiger partial charge in [-0.2, -0.15) is 9.57 Å². The Morgan fingerprint density at radius 3 is 2.85 bits per heavy atom. The zero-order chi connectivity index (χ0) is 14.8. The molecule has 0 aromatic heterocycles. The van der Waals surface area contributed by atoms with E-state index in [0.717, 1.165) is 13.0 Å². The lowest BCUT2D eigenvalue weighted by atomic mass is 10.1. The van der Waals surface area contributed by atoms with Crippen molar-refractivity contribution in [1.29, 1.82) is 5.26 Å². The molecule has 6 heteroatoms. The number of benzene rings is 1. The number of rotatable bonds is 4. The number of nitrogens with one attached hydrogen (secondary N) is 1.